The molecular formula is C17H17NO2. The van der Waals surface area contributed by atoms with Gasteiger partial charge in [0.05, 0.1) is 19.9 Å². The molecule has 0 heterocycles. The van der Waals surface area contributed by atoms with Crippen molar-refractivity contribution in [3.63, 3.8) is 0 Å². The molecule has 0 aromatic heterocycles. The van der Waals surface area contributed by atoms with Gasteiger partial charge in [-0.3, -0.25) is 4.99 Å². The first-order valence-corrected chi connectivity index (χ1v) is 6.69. The van der Waals surface area contributed by atoms with Gasteiger partial charge >= 0.3 is 0 Å². The minimum Gasteiger partial charge on any atom is -0.493 e. The number of hydrogen-bond donors (Lipinski definition) is 0. The van der Waals surface area contributed by atoms with Crippen molar-refractivity contribution < 1.29 is 9.47 Å². The summed E-state index contributed by atoms with van der Waals surface area (Å²) in [5, 5.41) is 0. The maximum absolute atomic E-state index is 5.32. The third-order valence-electron chi connectivity index (χ3n) is 3.59. The number of ether oxygens (including phenoxy) is 2. The summed E-state index contributed by atoms with van der Waals surface area (Å²) in [6, 6.07) is 14.2. The molecule has 0 unspecified atom stereocenters. The second-order valence-corrected chi connectivity index (χ2v) is 4.75. The number of nitrogens with zero attached hydrogens (tertiary/aromatic N) is 1. The lowest BCUT2D eigenvalue weighted by Crippen LogP contribution is -1.94. The van der Waals surface area contributed by atoms with E-state index in [2.05, 4.69) is 24.3 Å². The highest BCUT2D eigenvalue weighted by molar-refractivity contribution is 6.05. The molecule has 0 bridgehead atoms. The third-order valence-corrected chi connectivity index (χ3v) is 3.59. The number of fused-ring (bicyclic) bond motifs is 1. The minimum absolute atomic E-state index is 0.709. The maximum Gasteiger partial charge on any atom is 0.162 e. The van der Waals surface area contributed by atoms with Crippen LogP contribution in [-0.4, -0.2) is 19.9 Å². The van der Waals surface area contributed by atoms with E-state index >= 15 is 0 Å². The monoisotopic (exact) mass is 267 g/mol. The summed E-state index contributed by atoms with van der Waals surface area (Å²) in [5.74, 6) is 1.43. The molecule has 0 N–H and O–H groups in total. The Hall–Kier alpha value is -2.29. The van der Waals surface area contributed by atoms with E-state index in [9.17, 15) is 0 Å². The highest BCUT2D eigenvalue weighted by Gasteiger charge is 2.16. The molecule has 0 atom stereocenters. The van der Waals surface area contributed by atoms with Gasteiger partial charge in [0.1, 0.15) is 0 Å². The Labute approximate surface area is 118 Å². The van der Waals surface area contributed by atoms with Crippen LogP contribution in [0.5, 0.6) is 11.5 Å². The van der Waals surface area contributed by atoms with Crippen LogP contribution in [0.1, 0.15) is 17.5 Å². The average Bonchev–Trinajstić information content (AvgIpc) is 2.90. The molecule has 0 saturated carbocycles. The molecule has 3 rings (SSSR count). The fraction of sp³-hybridized carbons (Fsp3) is 0.235. The van der Waals surface area contributed by atoms with Gasteiger partial charge in [-0.2, -0.15) is 0 Å². The number of benzene rings is 2. The summed E-state index contributed by atoms with van der Waals surface area (Å²) in [4.78, 5) is 4.76. The average molecular weight is 267 g/mol. The first-order chi connectivity index (χ1) is 9.81. The van der Waals surface area contributed by atoms with Crippen LogP contribution < -0.4 is 9.47 Å². The number of rotatable bonds is 3. The van der Waals surface area contributed by atoms with Gasteiger partial charge in [-0.15, -0.1) is 0 Å². The quantitative estimate of drug-likeness (QED) is 0.847. The standard InChI is InChI=1S/C17H17NO2/c1-19-16-10-8-13(11-17(16)20-2)18-15-9-7-12-5-3-4-6-14(12)15/h3-6,8,10-11H,7,9H2,1-2H3/b18-15-. The summed E-state index contributed by atoms with van der Waals surface area (Å²) in [7, 11) is 3.27. The topological polar surface area (TPSA) is 30.8 Å². The van der Waals surface area contributed by atoms with E-state index in [0.717, 1.165) is 30.0 Å². The molecule has 2 aromatic rings. The van der Waals surface area contributed by atoms with Crippen LogP contribution in [-0.2, 0) is 6.42 Å². The molecule has 3 nitrogen and oxygen atoms in total. The van der Waals surface area contributed by atoms with Gasteiger partial charge in [0.15, 0.2) is 11.5 Å². The van der Waals surface area contributed by atoms with Crippen molar-refractivity contribution >= 4 is 11.4 Å². The Morgan fingerprint density at radius 3 is 2.50 bits per heavy atom. The van der Waals surface area contributed by atoms with Crippen LogP contribution in [0.15, 0.2) is 47.5 Å². The molecule has 0 fully saturated rings. The molecule has 2 aromatic carbocycles. The highest BCUT2D eigenvalue weighted by Crippen LogP contribution is 2.32. The van der Waals surface area contributed by atoms with E-state index in [0.29, 0.717) is 5.75 Å². The third kappa shape index (κ3) is 2.27. The van der Waals surface area contributed by atoms with Gasteiger partial charge in [-0.25, -0.2) is 0 Å². The van der Waals surface area contributed by atoms with Gasteiger partial charge in [0.25, 0.3) is 0 Å². The molecule has 1 aliphatic rings. The fourth-order valence-electron chi connectivity index (χ4n) is 2.57. The van der Waals surface area contributed by atoms with Crippen LogP contribution in [0, 0.1) is 0 Å². The fourth-order valence-corrected chi connectivity index (χ4v) is 2.57. The minimum atomic E-state index is 0.709. The molecule has 0 radical (unpaired) electrons. The predicted molar refractivity (Wildman–Crippen MR) is 80.5 cm³/mol. The molecule has 0 amide bonds. The van der Waals surface area contributed by atoms with E-state index in [1.807, 2.05) is 18.2 Å². The molecule has 0 aliphatic heterocycles. The SMILES string of the molecule is COc1ccc(/N=C2/CCc3ccccc32)cc1OC. The molecule has 1 aliphatic carbocycles. The molecule has 20 heavy (non-hydrogen) atoms. The lowest BCUT2D eigenvalue weighted by molar-refractivity contribution is 0.355. The van der Waals surface area contributed by atoms with Crippen LogP contribution in [0.3, 0.4) is 0 Å². The predicted octanol–water partition coefficient (Wildman–Crippen LogP) is 3.77. The second-order valence-electron chi connectivity index (χ2n) is 4.75. The zero-order valence-electron chi connectivity index (χ0n) is 11.7. The number of aryl methyl sites for hydroxylation is 1. The first-order valence-electron chi connectivity index (χ1n) is 6.69. The van der Waals surface area contributed by atoms with Crippen molar-refractivity contribution in [2.45, 2.75) is 12.8 Å². The van der Waals surface area contributed by atoms with Crippen LogP contribution in [0.4, 0.5) is 5.69 Å². The highest BCUT2D eigenvalue weighted by atomic mass is 16.5. The number of methoxy groups -OCH3 is 2. The Kier molecular flexibility index (Phi) is 3.42. The van der Waals surface area contributed by atoms with Gasteiger partial charge in [0, 0.05) is 11.8 Å². The molecule has 102 valence electrons. The van der Waals surface area contributed by atoms with Crippen molar-refractivity contribution in [3.05, 3.63) is 53.6 Å². The van der Waals surface area contributed by atoms with Gasteiger partial charge < -0.3 is 9.47 Å². The van der Waals surface area contributed by atoms with E-state index in [1.165, 1.54) is 11.1 Å². The number of aliphatic imine (C=N–C) groups is 1. The smallest absolute Gasteiger partial charge is 0.162 e. The zero-order chi connectivity index (χ0) is 13.9. The number of hydrogen-bond acceptors (Lipinski definition) is 3. The normalized spacial score (nSPS) is 15.2. The molecular weight excluding hydrogens is 250 g/mol. The van der Waals surface area contributed by atoms with Crippen molar-refractivity contribution in [1.82, 2.24) is 0 Å². The maximum atomic E-state index is 5.32. The van der Waals surface area contributed by atoms with E-state index in [-0.39, 0.29) is 0 Å². The Bertz CT molecular complexity index is 662. The van der Waals surface area contributed by atoms with Gasteiger partial charge in [-0.1, -0.05) is 24.3 Å². The second kappa shape index (κ2) is 5.37. The van der Waals surface area contributed by atoms with Gasteiger partial charge in [0.2, 0.25) is 0 Å². The Balaban J connectivity index is 1.97. The first kappa shape index (κ1) is 12.7. The van der Waals surface area contributed by atoms with Crippen LogP contribution in [0.2, 0.25) is 0 Å². The van der Waals surface area contributed by atoms with Crippen molar-refractivity contribution in [2.24, 2.45) is 4.99 Å². The van der Waals surface area contributed by atoms with Crippen LogP contribution >= 0.6 is 0 Å². The summed E-state index contributed by atoms with van der Waals surface area (Å²) in [6.07, 6.45) is 2.07. The molecule has 3 heteroatoms. The summed E-state index contributed by atoms with van der Waals surface area (Å²) in [5.41, 5.74) is 4.69. The summed E-state index contributed by atoms with van der Waals surface area (Å²) >= 11 is 0. The van der Waals surface area contributed by atoms with Crippen molar-refractivity contribution in [2.75, 3.05) is 14.2 Å². The Morgan fingerprint density at radius 1 is 0.900 bits per heavy atom. The lowest BCUT2D eigenvalue weighted by Gasteiger charge is -2.08. The van der Waals surface area contributed by atoms with Crippen molar-refractivity contribution in [1.29, 1.82) is 0 Å². The summed E-state index contributed by atoms with van der Waals surface area (Å²) < 4.78 is 10.6. The lowest BCUT2D eigenvalue weighted by atomic mass is 10.1. The Morgan fingerprint density at radius 2 is 1.70 bits per heavy atom. The van der Waals surface area contributed by atoms with E-state index in [4.69, 9.17) is 14.5 Å². The van der Waals surface area contributed by atoms with Crippen LogP contribution in [0.25, 0.3) is 0 Å². The molecule has 0 saturated heterocycles. The van der Waals surface area contributed by atoms with E-state index < -0.39 is 0 Å². The largest absolute Gasteiger partial charge is 0.493 e. The summed E-state index contributed by atoms with van der Waals surface area (Å²) in [6.45, 7) is 0. The zero-order valence-corrected chi connectivity index (χ0v) is 11.7. The van der Waals surface area contributed by atoms with Crippen molar-refractivity contribution in [3.8, 4) is 11.5 Å². The van der Waals surface area contributed by atoms with E-state index in [1.54, 1.807) is 14.2 Å². The van der Waals surface area contributed by atoms with Gasteiger partial charge in [-0.05, 0) is 36.1 Å². The molecule has 0 spiro atoms.